The average Bonchev–Trinajstić information content (AvgIpc) is 3.18. The molecule has 2 heterocycles. The molecule has 0 spiro atoms. The number of nitrogens with one attached hydrogen (secondary N) is 1. The van der Waals surface area contributed by atoms with Crippen molar-refractivity contribution in [3.8, 4) is 5.75 Å². The van der Waals surface area contributed by atoms with Gasteiger partial charge in [0.05, 0.1) is 17.0 Å². The zero-order valence-corrected chi connectivity index (χ0v) is 14.9. The fourth-order valence-corrected chi connectivity index (χ4v) is 2.88. The van der Waals surface area contributed by atoms with E-state index < -0.39 is 0 Å². The number of ether oxygens (including phenoxy) is 1. The fraction of sp³-hybridized carbons (Fsp3) is 0.389. The molecule has 1 N–H and O–H groups in total. The maximum Gasteiger partial charge on any atom is 0.250 e. The Morgan fingerprint density at radius 2 is 2.12 bits per heavy atom. The van der Waals surface area contributed by atoms with Crippen LogP contribution in [0, 0.1) is 0 Å². The number of aromatic nitrogens is 4. The number of carbonyl (C=O) groups is 1. The van der Waals surface area contributed by atoms with E-state index in [0.717, 1.165) is 10.9 Å². The van der Waals surface area contributed by atoms with Crippen LogP contribution in [0.4, 0.5) is 5.82 Å². The van der Waals surface area contributed by atoms with E-state index in [-0.39, 0.29) is 18.1 Å². The van der Waals surface area contributed by atoms with Crippen LogP contribution in [0.5, 0.6) is 5.75 Å². The van der Waals surface area contributed by atoms with E-state index in [4.69, 9.17) is 4.74 Å². The molecule has 0 saturated heterocycles. The van der Waals surface area contributed by atoms with Crippen LogP contribution >= 0.6 is 0 Å². The first kappa shape index (κ1) is 17.0. The summed E-state index contributed by atoms with van der Waals surface area (Å²) in [6.07, 6.45) is 4.12. The van der Waals surface area contributed by atoms with Gasteiger partial charge in [-0.1, -0.05) is 13.0 Å². The maximum absolute atomic E-state index is 12.8. The first-order chi connectivity index (χ1) is 12.0. The zero-order valence-electron chi connectivity index (χ0n) is 14.9. The van der Waals surface area contributed by atoms with Crippen LogP contribution in [0.1, 0.15) is 33.2 Å². The molecule has 0 saturated carbocycles. The van der Waals surface area contributed by atoms with Crippen LogP contribution < -0.4 is 10.1 Å². The lowest BCUT2D eigenvalue weighted by atomic mass is 10.2. The smallest absolute Gasteiger partial charge is 0.250 e. The minimum atomic E-state index is -0.384. The van der Waals surface area contributed by atoms with Crippen molar-refractivity contribution >= 4 is 22.6 Å². The van der Waals surface area contributed by atoms with Gasteiger partial charge in [-0.05, 0) is 38.5 Å². The lowest BCUT2D eigenvalue weighted by molar-refractivity contribution is -0.119. The highest BCUT2D eigenvalue weighted by molar-refractivity contribution is 6.03. The number of hydrogen-bond donors (Lipinski definition) is 1. The molecule has 7 nitrogen and oxygen atoms in total. The maximum atomic E-state index is 12.8. The van der Waals surface area contributed by atoms with Gasteiger partial charge in [0, 0.05) is 19.4 Å². The molecular formula is C18H23N5O2. The van der Waals surface area contributed by atoms with Crippen molar-refractivity contribution in [1.82, 2.24) is 19.6 Å². The third kappa shape index (κ3) is 3.35. The third-order valence-corrected chi connectivity index (χ3v) is 3.98. The number of anilines is 1. The molecule has 3 aromatic rings. The lowest BCUT2D eigenvalue weighted by Crippen LogP contribution is -2.26. The van der Waals surface area contributed by atoms with Gasteiger partial charge in [-0.3, -0.25) is 14.2 Å². The van der Waals surface area contributed by atoms with Crippen LogP contribution in [0.2, 0.25) is 0 Å². The topological polar surface area (TPSA) is 74.0 Å². The Hall–Kier alpha value is -2.83. The largest absolute Gasteiger partial charge is 0.490 e. The van der Waals surface area contributed by atoms with Crippen LogP contribution in [0.25, 0.3) is 10.9 Å². The molecule has 0 aliphatic rings. The van der Waals surface area contributed by atoms with Crippen molar-refractivity contribution in [1.29, 1.82) is 0 Å². The van der Waals surface area contributed by atoms with Crippen molar-refractivity contribution < 1.29 is 9.53 Å². The molecule has 25 heavy (non-hydrogen) atoms. The molecular weight excluding hydrogens is 318 g/mol. The second kappa shape index (κ2) is 6.96. The molecule has 0 fully saturated rings. The zero-order chi connectivity index (χ0) is 18.0. The van der Waals surface area contributed by atoms with E-state index in [1.54, 1.807) is 27.8 Å². The summed E-state index contributed by atoms with van der Waals surface area (Å²) in [5, 5.41) is 12.4. The van der Waals surface area contributed by atoms with Gasteiger partial charge >= 0.3 is 0 Å². The molecule has 7 heteroatoms. The summed E-state index contributed by atoms with van der Waals surface area (Å²) < 4.78 is 9.30. The van der Waals surface area contributed by atoms with E-state index >= 15 is 0 Å². The summed E-state index contributed by atoms with van der Waals surface area (Å²) >= 11 is 0. The van der Waals surface area contributed by atoms with Crippen LogP contribution in [-0.4, -0.2) is 31.6 Å². The molecule has 0 bridgehead atoms. The molecule has 132 valence electrons. The van der Waals surface area contributed by atoms with Crippen molar-refractivity contribution in [2.45, 2.75) is 39.3 Å². The minimum absolute atomic E-state index is 0.0295. The summed E-state index contributed by atoms with van der Waals surface area (Å²) in [6.45, 7) is 5.90. The Morgan fingerprint density at radius 3 is 2.76 bits per heavy atom. The van der Waals surface area contributed by atoms with Crippen LogP contribution in [0.3, 0.4) is 0 Å². The molecule has 1 aromatic carbocycles. The van der Waals surface area contributed by atoms with E-state index in [1.165, 1.54) is 0 Å². The SMILES string of the molecule is CC[C@@H](C(=O)Nc1nn(C)c2cccc(OC(C)C)c12)n1cccn1. The van der Waals surface area contributed by atoms with Crippen LogP contribution in [-0.2, 0) is 11.8 Å². The van der Waals surface area contributed by atoms with Gasteiger partial charge in [0.2, 0.25) is 5.91 Å². The highest BCUT2D eigenvalue weighted by atomic mass is 16.5. The summed E-state index contributed by atoms with van der Waals surface area (Å²) in [6, 6.07) is 7.19. The Bertz CT molecular complexity index is 867. The van der Waals surface area contributed by atoms with Crippen molar-refractivity contribution in [2.75, 3.05) is 5.32 Å². The number of benzene rings is 1. The van der Waals surface area contributed by atoms with Gasteiger partial charge in [0.25, 0.3) is 0 Å². The number of hydrogen-bond acceptors (Lipinski definition) is 4. The number of nitrogens with zero attached hydrogens (tertiary/aromatic N) is 4. The average molecular weight is 341 g/mol. The van der Waals surface area contributed by atoms with Crippen molar-refractivity contribution in [3.05, 3.63) is 36.7 Å². The second-order valence-corrected chi connectivity index (χ2v) is 6.19. The Kier molecular flexibility index (Phi) is 4.74. The molecule has 0 radical (unpaired) electrons. The Labute approximate surface area is 146 Å². The first-order valence-corrected chi connectivity index (χ1v) is 8.43. The summed E-state index contributed by atoms with van der Waals surface area (Å²) in [5.41, 5.74) is 0.903. The van der Waals surface area contributed by atoms with Crippen molar-refractivity contribution in [2.24, 2.45) is 7.05 Å². The van der Waals surface area contributed by atoms with Gasteiger partial charge in [-0.15, -0.1) is 0 Å². The predicted octanol–water partition coefficient (Wildman–Crippen LogP) is 3.15. The van der Waals surface area contributed by atoms with Crippen molar-refractivity contribution in [3.63, 3.8) is 0 Å². The van der Waals surface area contributed by atoms with Gasteiger partial charge in [0.15, 0.2) is 5.82 Å². The third-order valence-electron chi connectivity index (χ3n) is 3.98. The monoisotopic (exact) mass is 341 g/mol. The Morgan fingerprint density at radius 1 is 1.32 bits per heavy atom. The standard InChI is InChI=1S/C18H23N5O2/c1-5-13(23-11-7-10-19-23)18(24)20-17-16-14(22(4)21-17)8-6-9-15(16)25-12(2)3/h6-13H,5H2,1-4H3,(H,20,21,24)/t13-/m0/s1. The van der Waals surface area contributed by atoms with Gasteiger partial charge in [0.1, 0.15) is 11.8 Å². The summed E-state index contributed by atoms with van der Waals surface area (Å²) in [4.78, 5) is 12.8. The number of fused-ring (bicyclic) bond motifs is 1. The van der Waals surface area contributed by atoms with E-state index in [1.807, 2.05) is 46.0 Å². The molecule has 1 amide bonds. The molecule has 2 aromatic heterocycles. The highest BCUT2D eigenvalue weighted by Gasteiger charge is 2.22. The van der Waals surface area contributed by atoms with E-state index in [0.29, 0.717) is 18.0 Å². The first-order valence-electron chi connectivity index (χ1n) is 8.43. The summed E-state index contributed by atoms with van der Waals surface area (Å²) in [5.74, 6) is 1.07. The number of amides is 1. The summed E-state index contributed by atoms with van der Waals surface area (Å²) in [7, 11) is 1.85. The second-order valence-electron chi connectivity index (χ2n) is 6.19. The fourth-order valence-electron chi connectivity index (χ4n) is 2.88. The van der Waals surface area contributed by atoms with Gasteiger partial charge < -0.3 is 10.1 Å². The van der Waals surface area contributed by atoms with Gasteiger partial charge in [-0.25, -0.2) is 0 Å². The molecule has 0 unspecified atom stereocenters. The van der Waals surface area contributed by atoms with E-state index in [2.05, 4.69) is 15.5 Å². The number of aryl methyl sites for hydroxylation is 1. The molecule has 3 rings (SSSR count). The number of rotatable bonds is 6. The van der Waals surface area contributed by atoms with E-state index in [9.17, 15) is 4.79 Å². The molecule has 0 aliphatic heterocycles. The molecule has 0 aliphatic carbocycles. The Balaban J connectivity index is 1.97. The van der Waals surface area contributed by atoms with Crippen LogP contribution in [0.15, 0.2) is 36.7 Å². The molecule has 1 atom stereocenters. The quantitative estimate of drug-likeness (QED) is 0.747. The van der Waals surface area contributed by atoms with Gasteiger partial charge in [-0.2, -0.15) is 10.2 Å². The highest BCUT2D eigenvalue weighted by Crippen LogP contribution is 2.33. The minimum Gasteiger partial charge on any atom is -0.490 e. The lowest BCUT2D eigenvalue weighted by Gasteiger charge is -2.15. The predicted molar refractivity (Wildman–Crippen MR) is 96.7 cm³/mol. The normalized spacial score (nSPS) is 12.5. The number of carbonyl (C=O) groups excluding carboxylic acids is 1.